The van der Waals surface area contributed by atoms with Crippen LogP contribution in [-0.4, -0.2) is 9.55 Å². The Morgan fingerprint density at radius 1 is 1.35 bits per heavy atom. The van der Waals surface area contributed by atoms with Crippen molar-refractivity contribution in [2.75, 3.05) is 0 Å². The fourth-order valence-electron chi connectivity index (χ4n) is 3.07. The van der Waals surface area contributed by atoms with Gasteiger partial charge in [-0.3, -0.25) is 0 Å². The van der Waals surface area contributed by atoms with Gasteiger partial charge in [0.2, 0.25) is 0 Å². The number of rotatable bonds is 1. The second-order valence-electron chi connectivity index (χ2n) is 5.34. The predicted molar refractivity (Wildman–Crippen MR) is 73.9 cm³/mol. The highest BCUT2D eigenvalue weighted by molar-refractivity contribution is 7.71. The summed E-state index contributed by atoms with van der Waals surface area (Å²) in [4.78, 5) is 3.36. The van der Waals surface area contributed by atoms with Crippen molar-refractivity contribution in [3.05, 3.63) is 28.5 Å². The SMILES string of the molecule is Cc1cccc2c1[nH]c(=S)n2C1CCC(C)C1. The third-order valence-electron chi connectivity index (χ3n) is 3.99. The van der Waals surface area contributed by atoms with Gasteiger partial charge in [0.15, 0.2) is 4.77 Å². The molecule has 1 aromatic heterocycles. The Hall–Kier alpha value is -1.09. The molecule has 0 bridgehead atoms. The molecule has 2 atom stereocenters. The van der Waals surface area contributed by atoms with E-state index in [1.54, 1.807) is 0 Å². The number of nitrogens with one attached hydrogen (secondary N) is 1. The van der Waals surface area contributed by atoms with Crippen molar-refractivity contribution in [1.82, 2.24) is 9.55 Å². The molecule has 2 aromatic rings. The van der Waals surface area contributed by atoms with Gasteiger partial charge in [-0.2, -0.15) is 0 Å². The van der Waals surface area contributed by atoms with Crippen LogP contribution in [0.5, 0.6) is 0 Å². The van der Waals surface area contributed by atoms with Gasteiger partial charge in [0.05, 0.1) is 11.0 Å². The van der Waals surface area contributed by atoms with Crippen LogP contribution in [0.25, 0.3) is 11.0 Å². The first-order chi connectivity index (χ1) is 8.16. The summed E-state index contributed by atoms with van der Waals surface area (Å²) >= 11 is 5.50. The summed E-state index contributed by atoms with van der Waals surface area (Å²) < 4.78 is 3.22. The van der Waals surface area contributed by atoms with Crippen molar-refractivity contribution in [2.24, 2.45) is 5.92 Å². The van der Waals surface area contributed by atoms with Crippen LogP contribution in [0.15, 0.2) is 18.2 Å². The number of para-hydroxylation sites is 1. The Kier molecular flexibility index (Phi) is 2.58. The van der Waals surface area contributed by atoms with Gasteiger partial charge >= 0.3 is 0 Å². The molecule has 0 amide bonds. The van der Waals surface area contributed by atoms with Crippen LogP contribution in [0, 0.1) is 17.6 Å². The number of H-pyrrole nitrogens is 1. The Bertz CT molecular complexity index is 608. The van der Waals surface area contributed by atoms with Crippen molar-refractivity contribution in [3.8, 4) is 0 Å². The minimum absolute atomic E-state index is 0.591. The highest BCUT2D eigenvalue weighted by Crippen LogP contribution is 2.36. The van der Waals surface area contributed by atoms with Gasteiger partial charge in [0.1, 0.15) is 0 Å². The molecule has 1 aliphatic carbocycles. The normalized spacial score (nSPS) is 24.6. The largest absolute Gasteiger partial charge is 0.330 e. The van der Waals surface area contributed by atoms with Crippen LogP contribution in [0.1, 0.15) is 37.8 Å². The monoisotopic (exact) mass is 246 g/mol. The lowest BCUT2D eigenvalue weighted by Gasteiger charge is -2.13. The van der Waals surface area contributed by atoms with Gasteiger partial charge in [-0.25, -0.2) is 0 Å². The summed E-state index contributed by atoms with van der Waals surface area (Å²) in [7, 11) is 0. The van der Waals surface area contributed by atoms with Crippen molar-refractivity contribution in [1.29, 1.82) is 0 Å². The maximum atomic E-state index is 5.50. The molecule has 0 aliphatic heterocycles. The lowest BCUT2D eigenvalue weighted by Crippen LogP contribution is -2.05. The predicted octanol–water partition coefficient (Wildman–Crippen LogP) is 4.37. The smallest absolute Gasteiger partial charge is 0.178 e. The number of imidazole rings is 1. The van der Waals surface area contributed by atoms with Gasteiger partial charge in [0, 0.05) is 6.04 Å². The lowest BCUT2D eigenvalue weighted by atomic mass is 10.1. The molecule has 17 heavy (non-hydrogen) atoms. The lowest BCUT2D eigenvalue weighted by molar-refractivity contribution is 0.500. The molecule has 1 aromatic carbocycles. The van der Waals surface area contributed by atoms with Crippen molar-refractivity contribution in [2.45, 2.75) is 39.2 Å². The van der Waals surface area contributed by atoms with Crippen LogP contribution in [0.2, 0.25) is 0 Å². The van der Waals surface area contributed by atoms with Crippen LogP contribution in [0.3, 0.4) is 0 Å². The Balaban J connectivity index is 2.19. The molecule has 1 saturated carbocycles. The molecule has 0 radical (unpaired) electrons. The van der Waals surface area contributed by atoms with Crippen molar-refractivity contribution < 1.29 is 0 Å². The Morgan fingerprint density at radius 2 is 2.18 bits per heavy atom. The van der Waals surface area contributed by atoms with Crippen LogP contribution in [0.4, 0.5) is 0 Å². The first-order valence-corrected chi connectivity index (χ1v) is 6.77. The number of nitrogens with zero attached hydrogens (tertiary/aromatic N) is 1. The molecule has 3 heteroatoms. The Labute approximate surface area is 107 Å². The molecule has 1 aliphatic rings. The van der Waals surface area contributed by atoms with E-state index in [4.69, 9.17) is 12.2 Å². The highest BCUT2D eigenvalue weighted by atomic mass is 32.1. The molecule has 2 nitrogen and oxygen atoms in total. The molecular weight excluding hydrogens is 228 g/mol. The molecule has 0 spiro atoms. The van der Waals surface area contributed by atoms with E-state index in [0.717, 1.165) is 10.7 Å². The fourth-order valence-corrected chi connectivity index (χ4v) is 3.42. The summed E-state index contributed by atoms with van der Waals surface area (Å²) in [6.45, 7) is 4.47. The molecule has 1 fully saturated rings. The van der Waals surface area contributed by atoms with E-state index in [2.05, 4.69) is 41.6 Å². The number of aryl methyl sites for hydroxylation is 1. The van der Waals surface area contributed by atoms with E-state index in [-0.39, 0.29) is 0 Å². The number of fused-ring (bicyclic) bond motifs is 1. The van der Waals surface area contributed by atoms with Crippen LogP contribution < -0.4 is 0 Å². The molecule has 1 heterocycles. The zero-order valence-corrected chi connectivity index (χ0v) is 11.2. The van der Waals surface area contributed by atoms with E-state index in [9.17, 15) is 0 Å². The van der Waals surface area contributed by atoms with Gasteiger partial charge in [-0.05, 0) is 56.0 Å². The second-order valence-corrected chi connectivity index (χ2v) is 5.73. The van der Waals surface area contributed by atoms with Crippen molar-refractivity contribution in [3.63, 3.8) is 0 Å². The van der Waals surface area contributed by atoms with Gasteiger partial charge in [0.25, 0.3) is 0 Å². The van der Waals surface area contributed by atoms with E-state index in [1.807, 2.05) is 0 Å². The fraction of sp³-hybridized carbons (Fsp3) is 0.500. The average molecular weight is 246 g/mol. The summed E-state index contributed by atoms with van der Waals surface area (Å²) in [5.41, 5.74) is 3.75. The zero-order valence-electron chi connectivity index (χ0n) is 10.4. The minimum atomic E-state index is 0.591. The number of benzene rings is 1. The summed E-state index contributed by atoms with van der Waals surface area (Å²) in [5, 5.41) is 0. The van der Waals surface area contributed by atoms with Crippen LogP contribution in [-0.2, 0) is 0 Å². The maximum absolute atomic E-state index is 5.50. The summed E-state index contributed by atoms with van der Waals surface area (Å²) in [5.74, 6) is 0.830. The summed E-state index contributed by atoms with van der Waals surface area (Å²) in [6, 6.07) is 7.02. The molecule has 2 unspecified atom stereocenters. The standard InChI is InChI=1S/C14H18N2S/c1-9-6-7-11(8-9)16-12-5-3-4-10(2)13(12)15-14(16)17/h3-5,9,11H,6-8H2,1-2H3,(H,15,17). The van der Waals surface area contributed by atoms with Gasteiger partial charge in [-0.1, -0.05) is 19.1 Å². The third-order valence-corrected chi connectivity index (χ3v) is 4.29. The topological polar surface area (TPSA) is 20.7 Å². The summed E-state index contributed by atoms with van der Waals surface area (Å²) in [6.07, 6.45) is 3.84. The first kappa shape index (κ1) is 11.0. The number of hydrogen-bond acceptors (Lipinski definition) is 1. The second kappa shape index (κ2) is 3.98. The number of aromatic amines is 1. The van der Waals surface area contributed by atoms with Gasteiger partial charge < -0.3 is 9.55 Å². The van der Waals surface area contributed by atoms with Gasteiger partial charge in [-0.15, -0.1) is 0 Å². The van der Waals surface area contributed by atoms with E-state index >= 15 is 0 Å². The maximum Gasteiger partial charge on any atom is 0.178 e. The Morgan fingerprint density at radius 3 is 2.88 bits per heavy atom. The van der Waals surface area contributed by atoms with E-state index < -0.39 is 0 Å². The van der Waals surface area contributed by atoms with E-state index in [0.29, 0.717) is 6.04 Å². The first-order valence-electron chi connectivity index (χ1n) is 6.36. The molecule has 3 rings (SSSR count). The zero-order chi connectivity index (χ0) is 12.0. The number of hydrogen-bond donors (Lipinski definition) is 1. The molecule has 1 N–H and O–H groups in total. The number of aromatic nitrogens is 2. The molecule has 90 valence electrons. The van der Waals surface area contributed by atoms with Crippen LogP contribution >= 0.6 is 12.2 Å². The third kappa shape index (κ3) is 1.73. The molecular formula is C14H18N2S. The molecule has 0 saturated heterocycles. The van der Waals surface area contributed by atoms with Crippen molar-refractivity contribution >= 4 is 23.3 Å². The quantitative estimate of drug-likeness (QED) is 0.741. The van der Waals surface area contributed by atoms with E-state index in [1.165, 1.54) is 35.9 Å². The average Bonchev–Trinajstić information content (AvgIpc) is 2.82. The highest BCUT2D eigenvalue weighted by Gasteiger charge is 2.24. The minimum Gasteiger partial charge on any atom is -0.330 e.